The van der Waals surface area contributed by atoms with Crippen LogP contribution in [0.2, 0.25) is 0 Å². The zero-order valence-electron chi connectivity index (χ0n) is 19.7. The molecule has 1 aliphatic heterocycles. The molecule has 1 saturated carbocycles. The van der Waals surface area contributed by atoms with Crippen molar-refractivity contribution in [3.8, 4) is 0 Å². The molecular formula is C24H38N4O3. The number of benzene rings is 1. The van der Waals surface area contributed by atoms with E-state index in [0.29, 0.717) is 26.2 Å². The Balaban J connectivity index is 1.87. The molecule has 0 unspecified atom stereocenters. The van der Waals surface area contributed by atoms with Crippen LogP contribution < -0.4 is 5.73 Å². The van der Waals surface area contributed by atoms with Gasteiger partial charge in [-0.3, -0.25) is 9.69 Å². The van der Waals surface area contributed by atoms with Gasteiger partial charge >= 0.3 is 6.03 Å². The lowest BCUT2D eigenvalue weighted by Crippen LogP contribution is -2.56. The van der Waals surface area contributed by atoms with Crippen LogP contribution in [0.15, 0.2) is 30.3 Å². The number of hydrogen-bond donors (Lipinski definition) is 1. The zero-order valence-corrected chi connectivity index (χ0v) is 19.7. The number of ether oxygens (including phenoxy) is 1. The molecule has 3 rings (SSSR count). The Kier molecular flexibility index (Phi) is 6.67. The highest BCUT2D eigenvalue weighted by atomic mass is 16.5. The molecule has 2 N–H and O–H groups in total. The fourth-order valence-electron chi connectivity index (χ4n) is 5.38. The highest BCUT2D eigenvalue weighted by molar-refractivity contribution is 5.83. The summed E-state index contributed by atoms with van der Waals surface area (Å²) in [5.41, 5.74) is 5.88. The summed E-state index contributed by atoms with van der Waals surface area (Å²) in [5, 5.41) is 0. The van der Waals surface area contributed by atoms with Crippen LogP contribution in [0.25, 0.3) is 0 Å². The Labute approximate surface area is 186 Å². The number of hydrogen-bond acceptors (Lipinski definition) is 4. The monoisotopic (exact) mass is 430 g/mol. The maximum Gasteiger partial charge on any atom is 0.320 e. The molecule has 7 heteroatoms. The van der Waals surface area contributed by atoms with E-state index < -0.39 is 5.41 Å². The van der Waals surface area contributed by atoms with Crippen molar-refractivity contribution in [1.29, 1.82) is 0 Å². The van der Waals surface area contributed by atoms with Crippen LogP contribution in [0.5, 0.6) is 0 Å². The topological polar surface area (TPSA) is 79.1 Å². The van der Waals surface area contributed by atoms with Crippen LogP contribution in [-0.4, -0.2) is 79.6 Å². The molecule has 31 heavy (non-hydrogen) atoms. The van der Waals surface area contributed by atoms with Gasteiger partial charge in [-0.05, 0) is 59.2 Å². The lowest BCUT2D eigenvalue weighted by molar-refractivity contribution is -0.126. The van der Waals surface area contributed by atoms with Gasteiger partial charge < -0.3 is 20.3 Å². The zero-order chi connectivity index (χ0) is 22.9. The summed E-state index contributed by atoms with van der Waals surface area (Å²) in [6.45, 7) is 5.64. The van der Waals surface area contributed by atoms with Crippen molar-refractivity contribution >= 4 is 11.9 Å². The van der Waals surface area contributed by atoms with Gasteiger partial charge in [0, 0.05) is 32.3 Å². The predicted molar refractivity (Wildman–Crippen MR) is 122 cm³/mol. The van der Waals surface area contributed by atoms with Crippen molar-refractivity contribution in [1.82, 2.24) is 14.7 Å². The second kappa shape index (κ2) is 8.79. The van der Waals surface area contributed by atoms with Gasteiger partial charge in [-0.1, -0.05) is 30.3 Å². The van der Waals surface area contributed by atoms with Gasteiger partial charge in [0.1, 0.15) is 0 Å². The van der Waals surface area contributed by atoms with Gasteiger partial charge in [0.15, 0.2) is 0 Å². The number of nitrogens with zero attached hydrogens (tertiary/aromatic N) is 3. The SMILES string of the molecule is COCCN1C(=O)N(CC(C)(C)C(N)=O)C[C@]12CC[C@](c1ccccc1)(N(C)C)CC2. The minimum atomic E-state index is -0.764. The number of nitrogens with two attached hydrogens (primary N) is 1. The van der Waals surface area contributed by atoms with Gasteiger partial charge in [-0.25, -0.2) is 4.79 Å². The van der Waals surface area contributed by atoms with Gasteiger partial charge in [-0.2, -0.15) is 0 Å². The molecule has 172 valence electrons. The van der Waals surface area contributed by atoms with Crippen LogP contribution in [0.1, 0.15) is 45.1 Å². The van der Waals surface area contributed by atoms with E-state index in [1.807, 2.05) is 9.80 Å². The number of methoxy groups -OCH3 is 1. The Morgan fingerprint density at radius 2 is 1.77 bits per heavy atom. The highest BCUT2D eigenvalue weighted by Gasteiger charge is 2.55. The van der Waals surface area contributed by atoms with E-state index in [0.717, 1.165) is 25.7 Å². The van der Waals surface area contributed by atoms with Gasteiger partial charge in [-0.15, -0.1) is 0 Å². The number of primary amides is 1. The van der Waals surface area contributed by atoms with Crippen molar-refractivity contribution in [2.75, 3.05) is 47.4 Å². The standard InChI is InChI=1S/C24H38N4O3/c1-22(2,20(25)29)17-27-18-23(28(21(27)30)15-16-31-5)11-13-24(14-12-23,26(3)4)19-9-7-6-8-10-19/h6-10H,11-18H2,1-5H3,(H2,25,29)/t23-,24+. The first-order chi connectivity index (χ1) is 14.6. The van der Waals surface area contributed by atoms with E-state index in [4.69, 9.17) is 10.5 Å². The third kappa shape index (κ3) is 4.30. The number of carbonyl (C=O) groups excluding carboxylic acids is 2. The molecule has 0 bridgehead atoms. The van der Waals surface area contributed by atoms with Crippen molar-refractivity contribution in [3.05, 3.63) is 35.9 Å². The Hall–Kier alpha value is -2.12. The van der Waals surface area contributed by atoms with E-state index in [1.165, 1.54) is 5.56 Å². The van der Waals surface area contributed by atoms with Crippen LogP contribution in [-0.2, 0) is 15.1 Å². The van der Waals surface area contributed by atoms with E-state index >= 15 is 0 Å². The summed E-state index contributed by atoms with van der Waals surface area (Å²) in [4.78, 5) is 31.4. The summed E-state index contributed by atoms with van der Waals surface area (Å²) in [6, 6.07) is 10.7. The molecule has 1 heterocycles. The summed E-state index contributed by atoms with van der Waals surface area (Å²) in [6.07, 6.45) is 3.74. The summed E-state index contributed by atoms with van der Waals surface area (Å²) >= 11 is 0. The molecule has 1 aromatic carbocycles. The van der Waals surface area contributed by atoms with E-state index in [9.17, 15) is 9.59 Å². The van der Waals surface area contributed by atoms with E-state index in [2.05, 4.69) is 49.3 Å². The van der Waals surface area contributed by atoms with Crippen molar-refractivity contribution in [2.45, 2.75) is 50.6 Å². The van der Waals surface area contributed by atoms with Gasteiger partial charge in [0.25, 0.3) is 0 Å². The quantitative estimate of drug-likeness (QED) is 0.688. The summed E-state index contributed by atoms with van der Waals surface area (Å²) in [5.74, 6) is -0.385. The fraction of sp³-hybridized carbons (Fsp3) is 0.667. The second-order valence-corrected chi connectivity index (χ2v) is 10.0. The Morgan fingerprint density at radius 1 is 1.16 bits per heavy atom. The van der Waals surface area contributed by atoms with E-state index in [-0.39, 0.29) is 23.0 Å². The van der Waals surface area contributed by atoms with Gasteiger partial charge in [0.2, 0.25) is 5.91 Å². The van der Waals surface area contributed by atoms with Crippen LogP contribution >= 0.6 is 0 Å². The number of amides is 3. The van der Waals surface area contributed by atoms with E-state index in [1.54, 1.807) is 21.0 Å². The van der Waals surface area contributed by atoms with Crippen LogP contribution in [0.3, 0.4) is 0 Å². The molecule has 1 spiro atoms. The fourth-order valence-corrected chi connectivity index (χ4v) is 5.38. The first-order valence-corrected chi connectivity index (χ1v) is 11.2. The molecule has 2 fully saturated rings. The normalized spacial score (nSPS) is 26.8. The van der Waals surface area contributed by atoms with Crippen molar-refractivity contribution in [3.63, 3.8) is 0 Å². The molecule has 0 atom stereocenters. The predicted octanol–water partition coefficient (Wildman–Crippen LogP) is 2.65. The lowest BCUT2D eigenvalue weighted by Gasteiger charge is -2.51. The van der Waals surface area contributed by atoms with Crippen LogP contribution in [0.4, 0.5) is 4.79 Å². The lowest BCUT2D eigenvalue weighted by atomic mass is 9.68. The average molecular weight is 431 g/mol. The maximum absolute atomic E-state index is 13.4. The molecule has 1 aromatic rings. The Bertz CT molecular complexity index is 785. The molecule has 2 aliphatic rings. The molecule has 1 saturated heterocycles. The molecule has 1 aliphatic carbocycles. The molecule has 0 aromatic heterocycles. The van der Waals surface area contributed by atoms with Crippen molar-refractivity contribution < 1.29 is 14.3 Å². The number of urea groups is 1. The third-order valence-electron chi connectivity index (χ3n) is 7.51. The maximum atomic E-state index is 13.4. The summed E-state index contributed by atoms with van der Waals surface area (Å²) in [7, 11) is 5.96. The summed E-state index contributed by atoms with van der Waals surface area (Å²) < 4.78 is 5.31. The largest absolute Gasteiger partial charge is 0.383 e. The first kappa shape index (κ1) is 23.5. The average Bonchev–Trinajstić information content (AvgIpc) is 2.97. The Morgan fingerprint density at radius 3 is 2.29 bits per heavy atom. The molecule has 3 amide bonds. The smallest absolute Gasteiger partial charge is 0.320 e. The van der Waals surface area contributed by atoms with Crippen molar-refractivity contribution in [2.24, 2.45) is 11.1 Å². The second-order valence-electron chi connectivity index (χ2n) is 10.0. The number of rotatable bonds is 8. The first-order valence-electron chi connectivity index (χ1n) is 11.2. The van der Waals surface area contributed by atoms with Crippen LogP contribution in [0, 0.1) is 5.41 Å². The van der Waals surface area contributed by atoms with Gasteiger partial charge in [0.05, 0.1) is 17.6 Å². The number of carbonyl (C=O) groups is 2. The minimum Gasteiger partial charge on any atom is -0.383 e. The molecular weight excluding hydrogens is 392 g/mol. The highest BCUT2D eigenvalue weighted by Crippen LogP contribution is 2.49. The third-order valence-corrected chi connectivity index (χ3v) is 7.51. The molecule has 0 radical (unpaired) electrons. The molecule has 7 nitrogen and oxygen atoms in total. The minimum absolute atomic E-state index is 0.0107.